The minimum Gasteiger partial charge on any atom is -0.383 e. The van der Waals surface area contributed by atoms with Gasteiger partial charge in [-0.15, -0.1) is 0 Å². The molecular weight excluding hydrogens is 396 g/mol. The summed E-state index contributed by atoms with van der Waals surface area (Å²) in [7, 11) is -3.36. The number of fused-ring (bicyclic) bond motifs is 1. The van der Waals surface area contributed by atoms with Gasteiger partial charge in [0.1, 0.15) is 0 Å². The molecule has 0 aliphatic carbocycles. The summed E-state index contributed by atoms with van der Waals surface area (Å²) in [6.45, 7) is 2.65. The predicted octanol–water partition coefficient (Wildman–Crippen LogP) is 2.15. The van der Waals surface area contributed by atoms with Gasteiger partial charge in [0, 0.05) is 42.5 Å². The zero-order valence-corrected chi connectivity index (χ0v) is 16.9. The van der Waals surface area contributed by atoms with Crippen LogP contribution in [0.5, 0.6) is 0 Å². The molecule has 2 aromatic rings. The van der Waals surface area contributed by atoms with E-state index in [-0.39, 0.29) is 17.6 Å². The van der Waals surface area contributed by atoms with Crippen molar-refractivity contribution in [2.75, 3.05) is 29.0 Å². The fourth-order valence-corrected chi connectivity index (χ4v) is 4.70. The van der Waals surface area contributed by atoms with Crippen molar-refractivity contribution in [3.63, 3.8) is 0 Å². The van der Waals surface area contributed by atoms with Crippen LogP contribution >= 0.6 is 0 Å². The van der Waals surface area contributed by atoms with Gasteiger partial charge in [-0.05, 0) is 49.2 Å². The normalized spacial score (nSPS) is 15.7. The molecule has 2 N–H and O–H groups in total. The number of amides is 1. The fourth-order valence-electron chi connectivity index (χ4n) is 3.44. The molecule has 1 aliphatic heterocycles. The Morgan fingerprint density at radius 3 is 2.52 bits per heavy atom. The van der Waals surface area contributed by atoms with Crippen LogP contribution in [-0.4, -0.2) is 44.6 Å². The molecule has 29 heavy (non-hydrogen) atoms. The summed E-state index contributed by atoms with van der Waals surface area (Å²) in [5.41, 5.74) is 2.67. The number of carbonyl (C=O) groups is 1. The highest BCUT2D eigenvalue weighted by atomic mass is 32.2. The molecule has 1 aliphatic rings. The maximum atomic E-state index is 12.4. The highest BCUT2D eigenvalue weighted by Gasteiger charge is 2.32. The molecule has 0 spiro atoms. The van der Waals surface area contributed by atoms with Crippen LogP contribution in [0.3, 0.4) is 0 Å². The number of carbonyl (C=O) groups excluding carboxylic acids is 1. The summed E-state index contributed by atoms with van der Waals surface area (Å²) in [4.78, 5) is 22.6. The zero-order chi connectivity index (χ0) is 21.2. The molecule has 1 amide bonds. The number of nitrogens with one attached hydrogen (secondary N) is 2. The summed E-state index contributed by atoms with van der Waals surface area (Å²) in [5.74, 6) is -0.247. The Balaban J connectivity index is 1.55. The second-order valence-corrected chi connectivity index (χ2v) is 8.80. The minimum absolute atomic E-state index is 0.0178. The first kappa shape index (κ1) is 20.6. The third-order valence-corrected chi connectivity index (χ3v) is 5.94. The Morgan fingerprint density at radius 2 is 1.90 bits per heavy atom. The number of rotatable bonds is 7. The quantitative estimate of drug-likeness (QED) is 0.404. The first-order chi connectivity index (χ1) is 13.7. The molecule has 1 heterocycles. The lowest BCUT2D eigenvalue weighted by Crippen LogP contribution is -2.34. The highest BCUT2D eigenvalue weighted by Crippen LogP contribution is 2.34. The highest BCUT2D eigenvalue weighted by molar-refractivity contribution is 7.92. The number of nitro groups is 1. The van der Waals surface area contributed by atoms with Crippen LogP contribution in [0.4, 0.5) is 17.1 Å². The van der Waals surface area contributed by atoms with E-state index in [2.05, 4.69) is 10.6 Å². The average Bonchev–Trinajstić information content (AvgIpc) is 3.00. The predicted molar refractivity (Wildman–Crippen MR) is 111 cm³/mol. The number of benzene rings is 2. The summed E-state index contributed by atoms with van der Waals surface area (Å²) in [6.07, 6.45) is 1.74. The van der Waals surface area contributed by atoms with E-state index in [0.717, 1.165) is 11.3 Å². The lowest BCUT2D eigenvalue weighted by molar-refractivity contribution is -0.384. The first-order valence-electron chi connectivity index (χ1n) is 9.05. The largest absolute Gasteiger partial charge is 0.383 e. The third-order valence-electron chi connectivity index (χ3n) is 4.67. The summed E-state index contributed by atoms with van der Waals surface area (Å²) < 4.78 is 25.3. The van der Waals surface area contributed by atoms with Gasteiger partial charge in [0.25, 0.3) is 11.6 Å². The molecular formula is C19H22N4O5S. The monoisotopic (exact) mass is 418 g/mol. The van der Waals surface area contributed by atoms with E-state index in [1.165, 1.54) is 22.7 Å². The molecule has 0 saturated carbocycles. The minimum atomic E-state index is -3.36. The van der Waals surface area contributed by atoms with Gasteiger partial charge in [0.05, 0.1) is 16.9 Å². The van der Waals surface area contributed by atoms with E-state index in [4.69, 9.17) is 0 Å². The lowest BCUT2D eigenvalue weighted by Gasteiger charge is -2.21. The third kappa shape index (κ3) is 4.65. The van der Waals surface area contributed by atoms with E-state index < -0.39 is 14.9 Å². The Morgan fingerprint density at radius 1 is 1.21 bits per heavy atom. The SMILES string of the molecule is C[C@@H]1Cc2cc(C(=O)NCCNc3ccc([N+](=O)[O-])cc3)ccc2N1S(C)(=O)=O. The van der Waals surface area contributed by atoms with Gasteiger partial charge in [0.15, 0.2) is 0 Å². The summed E-state index contributed by atoms with van der Waals surface area (Å²) >= 11 is 0. The van der Waals surface area contributed by atoms with Crippen LogP contribution in [-0.2, 0) is 16.4 Å². The average molecular weight is 418 g/mol. The van der Waals surface area contributed by atoms with Crippen LogP contribution in [0.15, 0.2) is 42.5 Å². The second kappa shape index (κ2) is 8.08. The Hall–Kier alpha value is -3.14. The fraction of sp³-hybridized carbons (Fsp3) is 0.316. The van der Waals surface area contributed by atoms with Gasteiger partial charge >= 0.3 is 0 Å². The molecule has 0 radical (unpaired) electrons. The first-order valence-corrected chi connectivity index (χ1v) is 10.9. The van der Waals surface area contributed by atoms with Crippen molar-refractivity contribution >= 4 is 33.0 Å². The van der Waals surface area contributed by atoms with Crippen molar-refractivity contribution in [2.24, 2.45) is 0 Å². The summed E-state index contributed by atoms with van der Waals surface area (Å²) in [6, 6.07) is 10.9. The van der Waals surface area contributed by atoms with Crippen molar-refractivity contribution in [1.82, 2.24) is 5.32 Å². The molecule has 0 unspecified atom stereocenters. The van der Waals surface area contributed by atoms with E-state index in [1.807, 2.05) is 6.92 Å². The van der Waals surface area contributed by atoms with E-state index in [0.29, 0.717) is 30.8 Å². The topological polar surface area (TPSA) is 122 Å². The number of hydrogen-bond acceptors (Lipinski definition) is 6. The molecule has 9 nitrogen and oxygen atoms in total. The van der Waals surface area contributed by atoms with E-state index >= 15 is 0 Å². The van der Waals surface area contributed by atoms with Crippen molar-refractivity contribution in [3.05, 3.63) is 63.7 Å². The molecule has 0 bridgehead atoms. The number of hydrogen-bond donors (Lipinski definition) is 2. The zero-order valence-electron chi connectivity index (χ0n) is 16.1. The Labute approximate surface area is 168 Å². The van der Waals surface area contributed by atoms with Crippen molar-refractivity contribution < 1.29 is 18.1 Å². The Kier molecular flexibility index (Phi) is 5.73. The number of anilines is 2. The number of nitro benzene ring substituents is 1. The van der Waals surface area contributed by atoms with Crippen molar-refractivity contribution in [1.29, 1.82) is 0 Å². The van der Waals surface area contributed by atoms with Gasteiger partial charge in [-0.3, -0.25) is 19.2 Å². The van der Waals surface area contributed by atoms with Gasteiger partial charge in [-0.25, -0.2) is 8.42 Å². The van der Waals surface area contributed by atoms with Gasteiger partial charge in [0.2, 0.25) is 10.0 Å². The molecule has 10 heteroatoms. The maximum Gasteiger partial charge on any atom is 0.269 e. The van der Waals surface area contributed by atoms with Crippen LogP contribution in [0.25, 0.3) is 0 Å². The second-order valence-electron chi connectivity index (χ2n) is 6.94. The Bertz CT molecular complexity index is 1040. The van der Waals surface area contributed by atoms with Crippen LogP contribution in [0.2, 0.25) is 0 Å². The van der Waals surface area contributed by atoms with Gasteiger partial charge in [-0.2, -0.15) is 0 Å². The maximum absolute atomic E-state index is 12.4. The van der Waals surface area contributed by atoms with Crippen molar-refractivity contribution in [2.45, 2.75) is 19.4 Å². The van der Waals surface area contributed by atoms with Gasteiger partial charge in [-0.1, -0.05) is 0 Å². The van der Waals surface area contributed by atoms with Crippen molar-refractivity contribution in [3.8, 4) is 0 Å². The number of nitrogens with zero attached hydrogens (tertiary/aromatic N) is 2. The molecule has 2 aromatic carbocycles. The van der Waals surface area contributed by atoms with E-state index in [1.54, 1.807) is 30.3 Å². The molecule has 3 rings (SSSR count). The molecule has 154 valence electrons. The van der Waals surface area contributed by atoms with Crippen LogP contribution in [0, 0.1) is 10.1 Å². The molecule has 1 atom stereocenters. The molecule has 0 saturated heterocycles. The van der Waals surface area contributed by atoms with Crippen LogP contribution < -0.4 is 14.9 Å². The summed E-state index contributed by atoms with van der Waals surface area (Å²) in [5, 5.41) is 16.5. The van der Waals surface area contributed by atoms with E-state index in [9.17, 15) is 23.3 Å². The smallest absolute Gasteiger partial charge is 0.269 e. The van der Waals surface area contributed by atoms with Crippen LogP contribution in [0.1, 0.15) is 22.8 Å². The standard InChI is InChI=1S/C19H22N4O5S/c1-13-11-15-12-14(3-8-18(15)22(13)29(2,27)28)19(24)21-10-9-20-16-4-6-17(7-5-16)23(25)26/h3-8,12-13,20H,9-11H2,1-2H3,(H,21,24)/t13-/m1/s1. The number of non-ortho nitro benzene ring substituents is 1. The van der Waals surface area contributed by atoms with Gasteiger partial charge < -0.3 is 10.6 Å². The lowest BCUT2D eigenvalue weighted by atomic mass is 10.1. The molecule has 0 fully saturated rings. The number of sulfonamides is 1. The molecule has 0 aromatic heterocycles.